The van der Waals surface area contributed by atoms with Gasteiger partial charge in [0.25, 0.3) is 0 Å². The van der Waals surface area contributed by atoms with Gasteiger partial charge in [-0.15, -0.1) is 0 Å². The van der Waals surface area contributed by atoms with Crippen LogP contribution in [0.4, 0.5) is 0 Å². The van der Waals surface area contributed by atoms with Crippen LogP contribution in [-0.2, 0) is 0 Å². The van der Waals surface area contributed by atoms with Crippen LogP contribution in [0.3, 0.4) is 0 Å². The van der Waals surface area contributed by atoms with Gasteiger partial charge in [0.2, 0.25) is 0 Å². The van der Waals surface area contributed by atoms with Crippen LogP contribution >= 0.6 is 0 Å². The van der Waals surface area contributed by atoms with E-state index in [0.717, 1.165) is 25.1 Å². The summed E-state index contributed by atoms with van der Waals surface area (Å²) < 4.78 is 0. The lowest BCUT2D eigenvalue weighted by Gasteiger charge is -2.14. The number of hydrogen-bond acceptors (Lipinski definition) is 5. The SMILES string of the molecule is Cc1cccc(C2=N/NCCC\C=C\2B(O)O)n1. The second kappa shape index (κ2) is 5.79. The number of hydrazone groups is 1. The van der Waals surface area contributed by atoms with Crippen molar-refractivity contribution in [1.82, 2.24) is 10.4 Å². The Hall–Kier alpha value is -1.66. The van der Waals surface area contributed by atoms with E-state index in [1.807, 2.05) is 31.2 Å². The highest BCUT2D eigenvalue weighted by atomic mass is 16.4. The molecule has 0 saturated heterocycles. The van der Waals surface area contributed by atoms with Crippen LogP contribution in [0.15, 0.2) is 34.8 Å². The van der Waals surface area contributed by atoms with E-state index in [9.17, 15) is 10.0 Å². The second-order valence-electron chi connectivity index (χ2n) is 4.21. The fourth-order valence-corrected chi connectivity index (χ4v) is 1.84. The largest absolute Gasteiger partial charge is 0.490 e. The van der Waals surface area contributed by atoms with Gasteiger partial charge < -0.3 is 15.5 Å². The maximum atomic E-state index is 9.45. The van der Waals surface area contributed by atoms with Gasteiger partial charge in [0.15, 0.2) is 0 Å². The fraction of sp³-hybridized carbons (Fsp3) is 0.333. The summed E-state index contributed by atoms with van der Waals surface area (Å²) in [6.07, 6.45) is 3.51. The van der Waals surface area contributed by atoms with Gasteiger partial charge in [-0.05, 0) is 31.9 Å². The lowest BCUT2D eigenvalue weighted by Crippen LogP contribution is -2.27. The number of nitrogens with one attached hydrogen (secondary N) is 1. The molecule has 0 aliphatic carbocycles. The zero-order valence-electron chi connectivity index (χ0n) is 10.3. The molecule has 0 spiro atoms. The highest BCUT2D eigenvalue weighted by molar-refractivity contribution is 6.60. The summed E-state index contributed by atoms with van der Waals surface area (Å²) >= 11 is 0. The minimum Gasteiger partial charge on any atom is -0.423 e. The van der Waals surface area contributed by atoms with E-state index in [1.54, 1.807) is 0 Å². The number of aromatic nitrogens is 1. The average Bonchev–Trinajstić information content (AvgIpc) is 2.28. The highest BCUT2D eigenvalue weighted by Crippen LogP contribution is 2.12. The minimum atomic E-state index is -1.54. The third-order valence-corrected chi connectivity index (χ3v) is 2.73. The minimum absolute atomic E-state index is 0.403. The van der Waals surface area contributed by atoms with Crippen LogP contribution in [0.2, 0.25) is 0 Å². The molecule has 0 unspecified atom stereocenters. The molecule has 94 valence electrons. The normalized spacial score (nSPS) is 21.7. The summed E-state index contributed by atoms with van der Waals surface area (Å²) in [5.74, 6) is 0. The molecule has 5 nitrogen and oxygen atoms in total. The van der Waals surface area contributed by atoms with Crippen molar-refractivity contribution < 1.29 is 10.0 Å². The van der Waals surface area contributed by atoms with E-state index in [-0.39, 0.29) is 0 Å². The molecule has 1 aliphatic rings. The lowest BCUT2D eigenvalue weighted by molar-refractivity contribution is 0.421. The van der Waals surface area contributed by atoms with Gasteiger partial charge in [0.05, 0.1) is 5.69 Å². The smallest absolute Gasteiger partial charge is 0.423 e. The Morgan fingerprint density at radius 1 is 1.33 bits per heavy atom. The van der Waals surface area contributed by atoms with Crippen LogP contribution in [0, 0.1) is 6.92 Å². The summed E-state index contributed by atoms with van der Waals surface area (Å²) in [5, 5.41) is 23.1. The molecular weight excluding hydrogens is 229 g/mol. The standard InChI is InChI=1S/C12H16BN3O2/c1-9-5-4-7-11(15-9)12-10(13(17)18)6-2-3-8-14-16-12/h4-7,14,17-18H,2-3,8H2,1H3/b10-6-,16-12+. The third-order valence-electron chi connectivity index (χ3n) is 2.73. The van der Waals surface area contributed by atoms with E-state index >= 15 is 0 Å². The molecular formula is C12H16BN3O2. The monoisotopic (exact) mass is 245 g/mol. The third kappa shape index (κ3) is 2.97. The summed E-state index contributed by atoms with van der Waals surface area (Å²) in [5.41, 5.74) is 5.33. The van der Waals surface area contributed by atoms with Crippen molar-refractivity contribution in [3.8, 4) is 0 Å². The van der Waals surface area contributed by atoms with Gasteiger partial charge in [0.1, 0.15) is 5.71 Å². The number of rotatable bonds is 2. The van der Waals surface area contributed by atoms with Gasteiger partial charge in [-0.2, -0.15) is 5.10 Å². The quantitative estimate of drug-likeness (QED) is 0.660. The van der Waals surface area contributed by atoms with E-state index in [1.165, 1.54) is 0 Å². The van der Waals surface area contributed by atoms with Crippen LogP contribution in [0.5, 0.6) is 0 Å². The molecule has 0 radical (unpaired) electrons. The van der Waals surface area contributed by atoms with Crippen molar-refractivity contribution in [2.45, 2.75) is 19.8 Å². The van der Waals surface area contributed by atoms with Crippen LogP contribution < -0.4 is 5.43 Å². The van der Waals surface area contributed by atoms with Crippen LogP contribution in [-0.4, -0.2) is 34.4 Å². The van der Waals surface area contributed by atoms with Crippen molar-refractivity contribution in [1.29, 1.82) is 0 Å². The van der Waals surface area contributed by atoms with E-state index < -0.39 is 7.12 Å². The van der Waals surface area contributed by atoms with Gasteiger partial charge in [-0.1, -0.05) is 12.1 Å². The van der Waals surface area contributed by atoms with Gasteiger partial charge in [-0.25, -0.2) is 0 Å². The fourth-order valence-electron chi connectivity index (χ4n) is 1.84. The molecule has 1 aromatic rings. The molecule has 3 N–H and O–H groups in total. The van der Waals surface area contributed by atoms with E-state index in [2.05, 4.69) is 15.5 Å². The summed E-state index contributed by atoms with van der Waals surface area (Å²) in [6, 6.07) is 5.57. The summed E-state index contributed by atoms with van der Waals surface area (Å²) in [7, 11) is -1.54. The van der Waals surface area contributed by atoms with Crippen molar-refractivity contribution in [2.75, 3.05) is 6.54 Å². The molecule has 0 aromatic carbocycles. The molecule has 6 heteroatoms. The first-order valence-corrected chi connectivity index (χ1v) is 5.99. The zero-order chi connectivity index (χ0) is 13.0. The number of allylic oxidation sites excluding steroid dienone is 2. The maximum absolute atomic E-state index is 9.45. The first kappa shape index (κ1) is 12.8. The molecule has 0 saturated carbocycles. The maximum Gasteiger partial charge on any atom is 0.490 e. The van der Waals surface area contributed by atoms with Gasteiger partial charge in [-0.3, -0.25) is 4.98 Å². The van der Waals surface area contributed by atoms with Gasteiger partial charge in [0, 0.05) is 17.7 Å². The Morgan fingerprint density at radius 2 is 2.17 bits per heavy atom. The zero-order valence-corrected chi connectivity index (χ0v) is 10.3. The molecule has 2 rings (SSSR count). The molecule has 2 heterocycles. The molecule has 18 heavy (non-hydrogen) atoms. The molecule has 0 atom stereocenters. The number of nitrogens with zero attached hydrogens (tertiary/aromatic N) is 2. The predicted molar refractivity (Wildman–Crippen MR) is 71.0 cm³/mol. The predicted octanol–water partition coefficient (Wildman–Crippen LogP) is 0.416. The molecule has 0 fully saturated rings. The average molecular weight is 245 g/mol. The van der Waals surface area contributed by atoms with Crippen molar-refractivity contribution in [3.05, 3.63) is 41.1 Å². The molecule has 0 amide bonds. The Morgan fingerprint density at radius 3 is 2.89 bits per heavy atom. The first-order chi connectivity index (χ1) is 8.68. The topological polar surface area (TPSA) is 77.7 Å². The van der Waals surface area contributed by atoms with Crippen molar-refractivity contribution >= 4 is 12.8 Å². The van der Waals surface area contributed by atoms with E-state index in [4.69, 9.17) is 0 Å². The first-order valence-electron chi connectivity index (χ1n) is 5.99. The van der Waals surface area contributed by atoms with Gasteiger partial charge >= 0.3 is 7.12 Å². The molecule has 1 aromatic heterocycles. The second-order valence-corrected chi connectivity index (χ2v) is 4.21. The van der Waals surface area contributed by atoms with Crippen LogP contribution in [0.1, 0.15) is 24.2 Å². The Balaban J connectivity index is 2.42. The lowest BCUT2D eigenvalue weighted by atomic mass is 9.74. The number of aryl methyl sites for hydroxylation is 1. The van der Waals surface area contributed by atoms with Crippen LogP contribution in [0.25, 0.3) is 0 Å². The van der Waals surface area contributed by atoms with Crippen molar-refractivity contribution in [2.24, 2.45) is 5.10 Å². The summed E-state index contributed by atoms with van der Waals surface area (Å²) in [4.78, 5) is 4.37. The Labute approximate surface area is 106 Å². The summed E-state index contributed by atoms with van der Waals surface area (Å²) in [6.45, 7) is 2.65. The molecule has 1 aliphatic heterocycles. The highest BCUT2D eigenvalue weighted by Gasteiger charge is 2.23. The van der Waals surface area contributed by atoms with E-state index in [0.29, 0.717) is 16.9 Å². The Kier molecular flexibility index (Phi) is 4.12. The molecule has 0 bridgehead atoms. The Bertz CT molecular complexity index is 486. The number of pyridine rings is 1. The van der Waals surface area contributed by atoms with Crippen molar-refractivity contribution in [3.63, 3.8) is 0 Å². The number of hydrogen-bond donors (Lipinski definition) is 3.